The monoisotopic (exact) mass is 192 g/mol. The molecule has 1 aliphatic carbocycles. The maximum atomic E-state index is 2.49. The molecule has 0 aromatic carbocycles. The summed E-state index contributed by atoms with van der Waals surface area (Å²) in [7, 11) is 0. The highest BCUT2D eigenvalue weighted by molar-refractivity contribution is 5.21. The lowest BCUT2D eigenvalue weighted by Crippen LogP contribution is -2.16. The number of hydrogen-bond donors (Lipinski definition) is 0. The van der Waals surface area contributed by atoms with Gasteiger partial charge < -0.3 is 0 Å². The van der Waals surface area contributed by atoms with Gasteiger partial charge in [0.05, 0.1) is 0 Å². The smallest absolute Gasteiger partial charge is 0.0192 e. The van der Waals surface area contributed by atoms with E-state index in [0.717, 1.165) is 11.8 Å². The third kappa shape index (κ3) is 2.73. The van der Waals surface area contributed by atoms with Gasteiger partial charge in [-0.2, -0.15) is 0 Å². The van der Waals surface area contributed by atoms with E-state index in [-0.39, 0.29) is 0 Å². The Kier molecular flexibility index (Phi) is 4.44. The van der Waals surface area contributed by atoms with Crippen molar-refractivity contribution in [1.29, 1.82) is 0 Å². The third-order valence-electron chi connectivity index (χ3n) is 3.35. The molecule has 0 saturated heterocycles. The molecule has 0 N–H and O–H groups in total. The lowest BCUT2D eigenvalue weighted by atomic mass is 9.75. The van der Waals surface area contributed by atoms with Crippen LogP contribution >= 0.6 is 0 Å². The summed E-state index contributed by atoms with van der Waals surface area (Å²) in [5.74, 6) is 1.55. The zero-order chi connectivity index (χ0) is 10.6. The van der Waals surface area contributed by atoms with Crippen molar-refractivity contribution >= 4 is 0 Å². The van der Waals surface area contributed by atoms with Crippen molar-refractivity contribution in [2.45, 2.75) is 53.4 Å². The summed E-state index contributed by atoms with van der Waals surface area (Å²) in [5, 5.41) is 0. The van der Waals surface area contributed by atoms with Crippen molar-refractivity contribution < 1.29 is 0 Å². The lowest BCUT2D eigenvalue weighted by molar-refractivity contribution is 0.477. The van der Waals surface area contributed by atoms with Gasteiger partial charge in [0.15, 0.2) is 0 Å². The van der Waals surface area contributed by atoms with E-state index in [4.69, 9.17) is 0 Å². The molecule has 0 aliphatic heterocycles. The van der Waals surface area contributed by atoms with Crippen molar-refractivity contribution in [3.63, 3.8) is 0 Å². The average Bonchev–Trinajstić information content (AvgIpc) is 2.16. The predicted octanol–water partition coefficient (Wildman–Crippen LogP) is 4.73. The van der Waals surface area contributed by atoms with Gasteiger partial charge >= 0.3 is 0 Å². The molecule has 1 rings (SSSR count). The van der Waals surface area contributed by atoms with Crippen molar-refractivity contribution in [1.82, 2.24) is 0 Å². The zero-order valence-electron chi connectivity index (χ0n) is 10.1. The fourth-order valence-electron chi connectivity index (χ4n) is 2.54. The van der Waals surface area contributed by atoms with Crippen LogP contribution in [0.4, 0.5) is 0 Å². The Morgan fingerprint density at radius 2 is 1.79 bits per heavy atom. The van der Waals surface area contributed by atoms with Gasteiger partial charge in [-0.1, -0.05) is 50.5 Å². The minimum atomic E-state index is 0.775. The molecule has 1 saturated carbocycles. The van der Waals surface area contributed by atoms with Crippen LogP contribution in [0, 0.1) is 11.8 Å². The van der Waals surface area contributed by atoms with Crippen LogP contribution in [0.25, 0.3) is 0 Å². The standard InChI is InChI=1S/C14H24/c1-5-7-8-14-11(3)9-13(6-2)10-12(14)4/h6,8,11-12H,5,7,9-10H2,1-4H3/t11-,12-/m1/s1. The van der Waals surface area contributed by atoms with Crippen molar-refractivity contribution in [3.05, 3.63) is 23.3 Å². The van der Waals surface area contributed by atoms with Crippen LogP contribution in [0.15, 0.2) is 23.3 Å². The summed E-state index contributed by atoms with van der Waals surface area (Å²) in [4.78, 5) is 0. The van der Waals surface area contributed by atoms with Gasteiger partial charge in [-0.3, -0.25) is 0 Å². The van der Waals surface area contributed by atoms with Gasteiger partial charge in [0.1, 0.15) is 0 Å². The minimum absolute atomic E-state index is 0.775. The first kappa shape index (κ1) is 11.6. The molecule has 1 fully saturated rings. The first-order chi connectivity index (χ1) is 6.69. The number of rotatable bonds is 2. The van der Waals surface area contributed by atoms with Gasteiger partial charge in [-0.25, -0.2) is 0 Å². The van der Waals surface area contributed by atoms with E-state index in [1.54, 1.807) is 11.1 Å². The second-order valence-electron chi connectivity index (χ2n) is 4.65. The average molecular weight is 192 g/mol. The molecular formula is C14H24. The molecule has 0 spiro atoms. The molecule has 0 unspecified atom stereocenters. The van der Waals surface area contributed by atoms with E-state index in [2.05, 4.69) is 39.8 Å². The van der Waals surface area contributed by atoms with E-state index in [9.17, 15) is 0 Å². The molecule has 80 valence electrons. The number of unbranched alkanes of at least 4 members (excludes halogenated alkanes) is 1. The van der Waals surface area contributed by atoms with Crippen molar-refractivity contribution in [3.8, 4) is 0 Å². The van der Waals surface area contributed by atoms with Crippen LogP contribution in [-0.4, -0.2) is 0 Å². The van der Waals surface area contributed by atoms with Gasteiger partial charge in [0.25, 0.3) is 0 Å². The SMILES string of the molecule is CC=C1C[C@@H](C)C(=CCCC)[C@H](C)C1. The summed E-state index contributed by atoms with van der Waals surface area (Å²) in [6.07, 6.45) is 9.91. The second-order valence-corrected chi connectivity index (χ2v) is 4.65. The molecule has 0 aromatic rings. The molecular weight excluding hydrogens is 168 g/mol. The van der Waals surface area contributed by atoms with E-state index >= 15 is 0 Å². The van der Waals surface area contributed by atoms with E-state index in [1.165, 1.54) is 25.7 Å². The van der Waals surface area contributed by atoms with Crippen LogP contribution in [0.5, 0.6) is 0 Å². The van der Waals surface area contributed by atoms with Gasteiger partial charge in [0, 0.05) is 0 Å². The Balaban J connectivity index is 2.70. The van der Waals surface area contributed by atoms with E-state index < -0.39 is 0 Å². The fraction of sp³-hybridized carbons (Fsp3) is 0.714. The second kappa shape index (κ2) is 5.38. The van der Waals surface area contributed by atoms with Gasteiger partial charge in [0.2, 0.25) is 0 Å². The normalized spacial score (nSPS) is 27.7. The Hall–Kier alpha value is -0.520. The summed E-state index contributed by atoms with van der Waals surface area (Å²) >= 11 is 0. The first-order valence-corrected chi connectivity index (χ1v) is 6.03. The number of allylic oxidation sites excluding steroid dienone is 4. The Labute approximate surface area is 89.1 Å². The summed E-state index contributed by atoms with van der Waals surface area (Å²) in [6, 6.07) is 0. The molecule has 0 radical (unpaired) electrons. The maximum Gasteiger partial charge on any atom is -0.0192 e. The molecule has 0 heteroatoms. The highest BCUT2D eigenvalue weighted by Gasteiger charge is 2.23. The van der Waals surface area contributed by atoms with E-state index in [1.807, 2.05) is 0 Å². The summed E-state index contributed by atoms with van der Waals surface area (Å²) < 4.78 is 0. The maximum absolute atomic E-state index is 2.49. The largest absolute Gasteiger partial charge is 0.0884 e. The van der Waals surface area contributed by atoms with Crippen LogP contribution in [0.3, 0.4) is 0 Å². The number of hydrogen-bond acceptors (Lipinski definition) is 0. The Morgan fingerprint density at radius 1 is 1.21 bits per heavy atom. The third-order valence-corrected chi connectivity index (χ3v) is 3.35. The van der Waals surface area contributed by atoms with E-state index in [0.29, 0.717) is 0 Å². The van der Waals surface area contributed by atoms with Crippen LogP contribution in [-0.2, 0) is 0 Å². The highest BCUT2D eigenvalue weighted by Crippen LogP contribution is 2.37. The van der Waals surface area contributed by atoms with Crippen LogP contribution < -0.4 is 0 Å². The quantitative estimate of drug-likeness (QED) is 0.555. The molecule has 0 heterocycles. The molecule has 14 heavy (non-hydrogen) atoms. The van der Waals surface area contributed by atoms with Gasteiger partial charge in [-0.05, 0) is 38.0 Å². The lowest BCUT2D eigenvalue weighted by Gasteiger charge is -2.30. The summed E-state index contributed by atoms with van der Waals surface area (Å²) in [6.45, 7) is 9.18. The summed E-state index contributed by atoms with van der Waals surface area (Å²) in [5.41, 5.74) is 3.36. The molecule has 0 aromatic heterocycles. The van der Waals surface area contributed by atoms with Gasteiger partial charge in [-0.15, -0.1) is 0 Å². The predicted molar refractivity (Wildman–Crippen MR) is 64.3 cm³/mol. The van der Waals surface area contributed by atoms with Crippen LogP contribution in [0.1, 0.15) is 53.4 Å². The minimum Gasteiger partial charge on any atom is -0.0884 e. The van der Waals surface area contributed by atoms with Crippen molar-refractivity contribution in [2.75, 3.05) is 0 Å². The zero-order valence-corrected chi connectivity index (χ0v) is 10.1. The first-order valence-electron chi connectivity index (χ1n) is 6.03. The topological polar surface area (TPSA) is 0 Å². The Bertz CT molecular complexity index is 216. The molecule has 2 atom stereocenters. The van der Waals surface area contributed by atoms with Crippen molar-refractivity contribution in [2.24, 2.45) is 11.8 Å². The van der Waals surface area contributed by atoms with Crippen LogP contribution in [0.2, 0.25) is 0 Å². The highest BCUT2D eigenvalue weighted by atomic mass is 14.3. The molecule has 1 aliphatic rings. The molecule has 0 amide bonds. The fourth-order valence-corrected chi connectivity index (χ4v) is 2.54. The Morgan fingerprint density at radius 3 is 2.21 bits per heavy atom. The molecule has 0 nitrogen and oxygen atoms in total. The molecule has 0 bridgehead atoms.